The van der Waals surface area contributed by atoms with Crippen LogP contribution in [0.4, 0.5) is 0 Å². The van der Waals surface area contributed by atoms with Crippen molar-refractivity contribution in [2.24, 2.45) is 0 Å². The standard InChI is InChI=1S/C17H17ClO5/c1-20-15-7-11(8-16(21-2)17(15)22-3)14(19)10-23-13-6-4-5-12(18)9-13/h4-9H,10H2,1-3H3. The summed E-state index contributed by atoms with van der Waals surface area (Å²) in [5.41, 5.74) is 0.404. The second-order valence-corrected chi connectivity index (χ2v) is 5.02. The minimum absolute atomic E-state index is 0.126. The highest BCUT2D eigenvalue weighted by molar-refractivity contribution is 6.30. The molecule has 122 valence electrons. The van der Waals surface area contributed by atoms with Crippen molar-refractivity contribution in [3.8, 4) is 23.0 Å². The van der Waals surface area contributed by atoms with E-state index in [0.29, 0.717) is 33.6 Å². The quantitative estimate of drug-likeness (QED) is 0.723. The lowest BCUT2D eigenvalue weighted by molar-refractivity contribution is 0.0920. The maximum atomic E-state index is 12.3. The van der Waals surface area contributed by atoms with Crippen molar-refractivity contribution < 1.29 is 23.7 Å². The third-order valence-electron chi connectivity index (χ3n) is 3.15. The van der Waals surface area contributed by atoms with Gasteiger partial charge in [-0.25, -0.2) is 0 Å². The summed E-state index contributed by atoms with van der Waals surface area (Å²) in [6, 6.07) is 10.0. The van der Waals surface area contributed by atoms with Gasteiger partial charge in [-0.15, -0.1) is 0 Å². The van der Waals surface area contributed by atoms with Gasteiger partial charge in [-0.3, -0.25) is 4.79 Å². The van der Waals surface area contributed by atoms with Crippen LogP contribution in [-0.2, 0) is 0 Å². The van der Waals surface area contributed by atoms with Gasteiger partial charge in [0.1, 0.15) is 5.75 Å². The first kappa shape index (κ1) is 17.0. The Labute approximate surface area is 139 Å². The van der Waals surface area contributed by atoms with E-state index in [2.05, 4.69) is 0 Å². The first-order valence-electron chi connectivity index (χ1n) is 6.80. The number of hydrogen-bond donors (Lipinski definition) is 0. The number of ketones is 1. The smallest absolute Gasteiger partial charge is 0.203 e. The van der Waals surface area contributed by atoms with Crippen LogP contribution in [0.5, 0.6) is 23.0 Å². The Bertz CT molecular complexity index is 674. The van der Waals surface area contributed by atoms with Gasteiger partial charge >= 0.3 is 0 Å². The van der Waals surface area contributed by atoms with E-state index in [1.54, 1.807) is 36.4 Å². The third kappa shape index (κ3) is 4.07. The fourth-order valence-corrected chi connectivity index (χ4v) is 2.21. The number of rotatable bonds is 7. The van der Waals surface area contributed by atoms with E-state index >= 15 is 0 Å². The van der Waals surface area contributed by atoms with E-state index in [1.807, 2.05) is 0 Å². The molecule has 0 aliphatic rings. The average Bonchev–Trinajstić information content (AvgIpc) is 2.58. The largest absolute Gasteiger partial charge is 0.493 e. The maximum Gasteiger partial charge on any atom is 0.203 e. The van der Waals surface area contributed by atoms with Gasteiger partial charge in [0.15, 0.2) is 23.9 Å². The highest BCUT2D eigenvalue weighted by atomic mass is 35.5. The summed E-state index contributed by atoms with van der Waals surface area (Å²) in [6.45, 7) is -0.126. The van der Waals surface area contributed by atoms with Gasteiger partial charge in [0, 0.05) is 10.6 Å². The second-order valence-electron chi connectivity index (χ2n) is 4.58. The van der Waals surface area contributed by atoms with Crippen molar-refractivity contribution in [2.75, 3.05) is 27.9 Å². The Balaban J connectivity index is 2.18. The lowest BCUT2D eigenvalue weighted by Crippen LogP contribution is -2.12. The van der Waals surface area contributed by atoms with E-state index in [1.165, 1.54) is 21.3 Å². The van der Waals surface area contributed by atoms with Crippen LogP contribution in [0.25, 0.3) is 0 Å². The van der Waals surface area contributed by atoms with Crippen LogP contribution in [0.2, 0.25) is 5.02 Å². The maximum absolute atomic E-state index is 12.3. The molecule has 0 fully saturated rings. The van der Waals surface area contributed by atoms with E-state index in [0.717, 1.165) is 0 Å². The zero-order valence-electron chi connectivity index (χ0n) is 13.1. The Hall–Kier alpha value is -2.40. The summed E-state index contributed by atoms with van der Waals surface area (Å²) in [7, 11) is 4.49. The molecule has 5 nitrogen and oxygen atoms in total. The van der Waals surface area contributed by atoms with E-state index in [4.69, 9.17) is 30.5 Å². The average molecular weight is 337 g/mol. The molecule has 2 aromatic rings. The van der Waals surface area contributed by atoms with Crippen LogP contribution in [-0.4, -0.2) is 33.7 Å². The lowest BCUT2D eigenvalue weighted by Gasteiger charge is -2.14. The summed E-state index contributed by atoms with van der Waals surface area (Å²) >= 11 is 5.88. The van der Waals surface area contributed by atoms with Crippen LogP contribution in [0.3, 0.4) is 0 Å². The topological polar surface area (TPSA) is 54.0 Å². The van der Waals surface area contributed by atoms with Crippen LogP contribution in [0, 0.1) is 0 Å². The number of halogens is 1. The molecular weight excluding hydrogens is 320 g/mol. The summed E-state index contributed by atoms with van der Waals surface area (Å²) in [6.07, 6.45) is 0. The predicted molar refractivity (Wildman–Crippen MR) is 87.4 cm³/mol. The molecule has 0 bridgehead atoms. The zero-order valence-corrected chi connectivity index (χ0v) is 13.8. The number of carbonyl (C=O) groups excluding carboxylic acids is 1. The minimum Gasteiger partial charge on any atom is -0.493 e. The van der Waals surface area contributed by atoms with Gasteiger partial charge in [-0.2, -0.15) is 0 Å². The molecule has 0 amide bonds. The number of hydrogen-bond acceptors (Lipinski definition) is 5. The van der Waals surface area contributed by atoms with Gasteiger partial charge < -0.3 is 18.9 Å². The van der Waals surface area contributed by atoms with Crippen molar-refractivity contribution >= 4 is 17.4 Å². The van der Waals surface area contributed by atoms with Gasteiger partial charge in [0.05, 0.1) is 21.3 Å². The van der Waals surface area contributed by atoms with Crippen molar-refractivity contribution in [3.05, 3.63) is 47.0 Å². The normalized spacial score (nSPS) is 10.1. The van der Waals surface area contributed by atoms with E-state index in [9.17, 15) is 4.79 Å². The van der Waals surface area contributed by atoms with Crippen LogP contribution >= 0.6 is 11.6 Å². The molecule has 0 aliphatic heterocycles. The summed E-state index contributed by atoms with van der Waals surface area (Å²) < 4.78 is 21.2. The molecule has 6 heteroatoms. The number of ether oxygens (including phenoxy) is 4. The first-order valence-corrected chi connectivity index (χ1v) is 7.18. The molecule has 0 saturated heterocycles. The Morgan fingerprint density at radius 1 is 1.00 bits per heavy atom. The number of Topliss-reactive ketones (excluding diaryl/α,β-unsaturated/α-hetero) is 1. The second kappa shape index (κ2) is 7.74. The zero-order chi connectivity index (χ0) is 16.8. The van der Waals surface area contributed by atoms with Gasteiger partial charge in [0.2, 0.25) is 5.75 Å². The molecule has 0 radical (unpaired) electrons. The third-order valence-corrected chi connectivity index (χ3v) is 3.39. The van der Waals surface area contributed by atoms with Gasteiger partial charge in [0.25, 0.3) is 0 Å². The fourth-order valence-electron chi connectivity index (χ4n) is 2.03. The monoisotopic (exact) mass is 336 g/mol. The van der Waals surface area contributed by atoms with Crippen molar-refractivity contribution in [1.29, 1.82) is 0 Å². The highest BCUT2D eigenvalue weighted by Crippen LogP contribution is 2.38. The van der Waals surface area contributed by atoms with Crippen molar-refractivity contribution in [1.82, 2.24) is 0 Å². The number of benzene rings is 2. The summed E-state index contributed by atoms with van der Waals surface area (Å²) in [5, 5.41) is 0.544. The van der Waals surface area contributed by atoms with Crippen LogP contribution in [0.15, 0.2) is 36.4 Å². The molecule has 0 saturated carbocycles. The first-order chi connectivity index (χ1) is 11.1. The Kier molecular flexibility index (Phi) is 5.71. The van der Waals surface area contributed by atoms with Gasteiger partial charge in [-0.1, -0.05) is 17.7 Å². The van der Waals surface area contributed by atoms with Crippen LogP contribution in [0.1, 0.15) is 10.4 Å². The lowest BCUT2D eigenvalue weighted by atomic mass is 10.1. The van der Waals surface area contributed by atoms with Crippen LogP contribution < -0.4 is 18.9 Å². The molecule has 0 heterocycles. The molecule has 0 atom stereocenters. The molecule has 0 spiro atoms. The SMILES string of the molecule is COc1cc(C(=O)COc2cccc(Cl)c2)cc(OC)c1OC. The minimum atomic E-state index is -0.218. The molecule has 23 heavy (non-hydrogen) atoms. The number of methoxy groups -OCH3 is 3. The molecule has 2 rings (SSSR count). The number of carbonyl (C=O) groups is 1. The van der Waals surface area contributed by atoms with Crippen molar-refractivity contribution in [3.63, 3.8) is 0 Å². The van der Waals surface area contributed by atoms with Gasteiger partial charge in [-0.05, 0) is 30.3 Å². The molecule has 0 unspecified atom stereocenters. The molecule has 2 aromatic carbocycles. The Morgan fingerprint density at radius 3 is 2.17 bits per heavy atom. The Morgan fingerprint density at radius 2 is 1.65 bits per heavy atom. The highest BCUT2D eigenvalue weighted by Gasteiger charge is 2.17. The summed E-state index contributed by atoms with van der Waals surface area (Å²) in [4.78, 5) is 12.3. The molecule has 0 N–H and O–H groups in total. The fraction of sp³-hybridized carbons (Fsp3) is 0.235. The summed E-state index contributed by atoms with van der Waals surface area (Å²) in [5.74, 6) is 1.57. The molecular formula is C17H17ClO5. The molecule has 0 aromatic heterocycles. The van der Waals surface area contributed by atoms with E-state index < -0.39 is 0 Å². The van der Waals surface area contributed by atoms with Crippen molar-refractivity contribution in [2.45, 2.75) is 0 Å². The predicted octanol–water partition coefficient (Wildman–Crippen LogP) is 3.63. The molecule has 0 aliphatic carbocycles. The van der Waals surface area contributed by atoms with E-state index in [-0.39, 0.29) is 12.4 Å².